The van der Waals surface area contributed by atoms with Crippen molar-refractivity contribution in [2.24, 2.45) is 0 Å². The van der Waals surface area contributed by atoms with E-state index >= 15 is 0 Å². The maximum absolute atomic E-state index is 12.6. The monoisotopic (exact) mass is 357 g/mol. The molecule has 3 heterocycles. The molecule has 5 heteroatoms. The molecule has 1 saturated heterocycles. The van der Waals surface area contributed by atoms with Crippen LogP contribution in [0.2, 0.25) is 0 Å². The van der Waals surface area contributed by atoms with Gasteiger partial charge in [-0.3, -0.25) is 0 Å². The molecule has 2 aromatic heterocycles. The number of imidazole rings is 1. The Hall–Kier alpha value is -2.04. The van der Waals surface area contributed by atoms with Gasteiger partial charge in [-0.15, -0.1) is 0 Å². The second-order valence-electron chi connectivity index (χ2n) is 8.55. The number of carbonyl (C=O) groups excluding carboxylic acids is 1. The Morgan fingerprint density at radius 3 is 2.62 bits per heavy atom. The number of pyridine rings is 1. The van der Waals surface area contributed by atoms with Gasteiger partial charge in [-0.05, 0) is 77.5 Å². The maximum Gasteiger partial charge on any atom is 0.410 e. The Kier molecular flexibility index (Phi) is 5.00. The standard InChI is InChI=1S/C21H31N3O2/c1-14-12-23-13-17(22-19(23)16(3)15(14)2)11-18-9-7-8-10-24(18)20(25)26-21(4,5)6/h12-13,18H,7-11H2,1-6H3/t18-/m0/s1. The van der Waals surface area contributed by atoms with Gasteiger partial charge in [-0.2, -0.15) is 0 Å². The lowest BCUT2D eigenvalue weighted by Crippen LogP contribution is -2.47. The molecule has 0 spiro atoms. The molecule has 1 aliphatic rings. The molecule has 0 bridgehead atoms. The first kappa shape index (κ1) is 18.7. The van der Waals surface area contributed by atoms with E-state index in [-0.39, 0.29) is 12.1 Å². The van der Waals surface area contributed by atoms with Crippen molar-refractivity contribution >= 4 is 11.7 Å². The Labute approximate surface area is 156 Å². The molecule has 142 valence electrons. The van der Waals surface area contributed by atoms with Crippen LogP contribution in [0.25, 0.3) is 5.65 Å². The Balaban J connectivity index is 1.83. The van der Waals surface area contributed by atoms with Crippen molar-refractivity contribution in [1.82, 2.24) is 14.3 Å². The summed E-state index contributed by atoms with van der Waals surface area (Å²) in [6.07, 6.45) is 8.02. The Morgan fingerprint density at radius 1 is 1.19 bits per heavy atom. The summed E-state index contributed by atoms with van der Waals surface area (Å²) < 4.78 is 7.73. The van der Waals surface area contributed by atoms with E-state index < -0.39 is 5.60 Å². The van der Waals surface area contributed by atoms with Crippen LogP contribution in [-0.2, 0) is 11.2 Å². The molecule has 2 aromatic rings. The Bertz CT molecular complexity index is 817. The van der Waals surface area contributed by atoms with Crippen LogP contribution in [0.4, 0.5) is 4.79 Å². The first-order chi connectivity index (χ1) is 12.2. The van der Waals surface area contributed by atoms with Gasteiger partial charge in [-0.1, -0.05) is 0 Å². The number of ether oxygens (including phenoxy) is 1. The highest BCUT2D eigenvalue weighted by Gasteiger charge is 2.31. The third-order valence-electron chi connectivity index (χ3n) is 5.30. The van der Waals surface area contributed by atoms with E-state index in [2.05, 4.69) is 37.6 Å². The first-order valence-electron chi connectivity index (χ1n) is 9.60. The van der Waals surface area contributed by atoms with Gasteiger partial charge in [0.15, 0.2) is 0 Å². The summed E-state index contributed by atoms with van der Waals surface area (Å²) >= 11 is 0. The predicted molar refractivity (Wildman–Crippen MR) is 104 cm³/mol. The minimum absolute atomic E-state index is 0.158. The fourth-order valence-corrected chi connectivity index (χ4v) is 3.70. The minimum Gasteiger partial charge on any atom is -0.444 e. The number of hydrogen-bond acceptors (Lipinski definition) is 3. The van der Waals surface area contributed by atoms with Gasteiger partial charge in [0, 0.05) is 31.4 Å². The minimum atomic E-state index is -0.464. The van der Waals surface area contributed by atoms with E-state index in [1.54, 1.807) is 0 Å². The molecule has 1 atom stereocenters. The summed E-state index contributed by atoms with van der Waals surface area (Å²) in [5.74, 6) is 0. The van der Waals surface area contributed by atoms with Crippen molar-refractivity contribution in [3.63, 3.8) is 0 Å². The van der Waals surface area contributed by atoms with Crippen molar-refractivity contribution in [2.75, 3.05) is 6.54 Å². The highest BCUT2D eigenvalue weighted by Crippen LogP contribution is 2.24. The van der Waals surface area contributed by atoms with Gasteiger partial charge >= 0.3 is 6.09 Å². The second kappa shape index (κ2) is 6.93. The smallest absolute Gasteiger partial charge is 0.410 e. The second-order valence-corrected chi connectivity index (χ2v) is 8.55. The van der Waals surface area contributed by atoms with Crippen molar-refractivity contribution < 1.29 is 9.53 Å². The van der Waals surface area contributed by atoms with Crippen LogP contribution in [-0.4, -0.2) is 38.6 Å². The quantitative estimate of drug-likeness (QED) is 0.789. The van der Waals surface area contributed by atoms with E-state index in [0.29, 0.717) is 0 Å². The van der Waals surface area contributed by atoms with Crippen LogP contribution < -0.4 is 0 Å². The van der Waals surface area contributed by atoms with Crippen LogP contribution in [0.3, 0.4) is 0 Å². The van der Waals surface area contributed by atoms with Gasteiger partial charge in [-0.25, -0.2) is 9.78 Å². The van der Waals surface area contributed by atoms with Crippen molar-refractivity contribution in [3.8, 4) is 0 Å². The molecular weight excluding hydrogens is 326 g/mol. The summed E-state index contributed by atoms with van der Waals surface area (Å²) in [4.78, 5) is 19.4. The molecule has 1 fully saturated rings. The number of nitrogens with zero attached hydrogens (tertiary/aromatic N) is 3. The molecule has 1 aliphatic heterocycles. The molecule has 5 nitrogen and oxygen atoms in total. The average Bonchev–Trinajstić information content (AvgIpc) is 2.94. The number of aromatic nitrogens is 2. The van der Waals surface area contributed by atoms with Crippen LogP contribution in [0.15, 0.2) is 12.4 Å². The fraction of sp³-hybridized carbons (Fsp3) is 0.619. The number of fused-ring (bicyclic) bond motifs is 1. The van der Waals surface area contributed by atoms with Gasteiger partial charge in [0.1, 0.15) is 11.2 Å². The highest BCUT2D eigenvalue weighted by molar-refractivity contribution is 5.68. The van der Waals surface area contributed by atoms with Crippen LogP contribution in [0, 0.1) is 20.8 Å². The molecule has 0 N–H and O–H groups in total. The summed E-state index contributed by atoms with van der Waals surface area (Å²) in [6.45, 7) is 12.9. The van der Waals surface area contributed by atoms with Crippen LogP contribution in [0.5, 0.6) is 0 Å². The lowest BCUT2D eigenvalue weighted by atomic mass is 9.98. The van der Waals surface area contributed by atoms with Gasteiger partial charge in [0.2, 0.25) is 0 Å². The molecule has 0 saturated carbocycles. The molecule has 0 radical (unpaired) electrons. The predicted octanol–water partition coefficient (Wildman–Crippen LogP) is 4.59. The number of carbonyl (C=O) groups is 1. The van der Waals surface area contributed by atoms with E-state index in [0.717, 1.165) is 43.6 Å². The number of aryl methyl sites for hydroxylation is 2. The molecule has 0 aromatic carbocycles. The SMILES string of the molecule is Cc1cn2cc(C[C@@H]3CCCCN3C(=O)OC(C)(C)C)nc2c(C)c1C. The zero-order chi connectivity index (χ0) is 19.1. The number of piperidine rings is 1. The van der Waals surface area contributed by atoms with Crippen LogP contribution >= 0.6 is 0 Å². The van der Waals surface area contributed by atoms with E-state index in [4.69, 9.17) is 9.72 Å². The Morgan fingerprint density at radius 2 is 1.92 bits per heavy atom. The van der Waals surface area contributed by atoms with Gasteiger partial charge < -0.3 is 14.0 Å². The van der Waals surface area contributed by atoms with E-state index in [9.17, 15) is 4.79 Å². The number of rotatable bonds is 2. The van der Waals surface area contributed by atoms with Gasteiger partial charge in [0.05, 0.1) is 5.69 Å². The zero-order valence-corrected chi connectivity index (χ0v) is 16.9. The topological polar surface area (TPSA) is 46.8 Å². The summed E-state index contributed by atoms with van der Waals surface area (Å²) in [5, 5.41) is 0. The lowest BCUT2D eigenvalue weighted by Gasteiger charge is -2.36. The van der Waals surface area contributed by atoms with Crippen molar-refractivity contribution in [3.05, 3.63) is 34.8 Å². The molecule has 3 rings (SSSR count). The molecule has 0 unspecified atom stereocenters. The first-order valence-corrected chi connectivity index (χ1v) is 9.60. The lowest BCUT2D eigenvalue weighted by molar-refractivity contribution is 0.00986. The number of amides is 1. The van der Waals surface area contributed by atoms with Crippen molar-refractivity contribution in [1.29, 1.82) is 0 Å². The van der Waals surface area contributed by atoms with Crippen LogP contribution in [0.1, 0.15) is 62.4 Å². The van der Waals surface area contributed by atoms with E-state index in [1.807, 2.05) is 25.7 Å². The maximum atomic E-state index is 12.6. The molecular formula is C21H31N3O2. The highest BCUT2D eigenvalue weighted by atomic mass is 16.6. The van der Waals surface area contributed by atoms with E-state index in [1.165, 1.54) is 16.7 Å². The largest absolute Gasteiger partial charge is 0.444 e. The summed E-state index contributed by atoms with van der Waals surface area (Å²) in [6, 6.07) is 0.158. The molecule has 26 heavy (non-hydrogen) atoms. The average molecular weight is 357 g/mol. The summed E-state index contributed by atoms with van der Waals surface area (Å²) in [5.41, 5.74) is 5.38. The number of hydrogen-bond donors (Lipinski definition) is 0. The molecule has 1 amide bonds. The summed E-state index contributed by atoms with van der Waals surface area (Å²) in [7, 11) is 0. The van der Waals surface area contributed by atoms with Gasteiger partial charge in [0.25, 0.3) is 0 Å². The third kappa shape index (κ3) is 3.87. The third-order valence-corrected chi connectivity index (χ3v) is 5.30. The normalized spacial score (nSPS) is 18.4. The van der Waals surface area contributed by atoms with Crippen molar-refractivity contribution in [2.45, 2.75) is 78.9 Å². The fourth-order valence-electron chi connectivity index (χ4n) is 3.70. The molecule has 0 aliphatic carbocycles. The zero-order valence-electron chi connectivity index (χ0n) is 16.9. The number of likely N-dealkylation sites (tertiary alicyclic amines) is 1.